The van der Waals surface area contributed by atoms with Crippen molar-refractivity contribution in [3.63, 3.8) is 0 Å². The summed E-state index contributed by atoms with van der Waals surface area (Å²) in [4.78, 5) is 26.2. The van der Waals surface area contributed by atoms with Crippen LogP contribution in [0, 0.1) is 6.92 Å². The van der Waals surface area contributed by atoms with Crippen LogP contribution in [0.4, 0.5) is 0 Å². The Balaban J connectivity index is 1.75. The van der Waals surface area contributed by atoms with Gasteiger partial charge in [-0.1, -0.05) is 29.8 Å². The van der Waals surface area contributed by atoms with Crippen molar-refractivity contribution in [2.45, 2.75) is 13.0 Å². The number of aryl methyl sites for hydroxylation is 1. The largest absolute Gasteiger partial charge is 0.394 e. The zero-order valence-corrected chi connectivity index (χ0v) is 15.8. The second-order valence-electron chi connectivity index (χ2n) is 6.41. The Bertz CT molecular complexity index is 588. The average molecular weight is 379 g/mol. The lowest BCUT2D eigenvalue weighted by Gasteiger charge is -2.26. The summed E-state index contributed by atoms with van der Waals surface area (Å²) in [5, 5.41) is 14.2. The molecule has 1 saturated heterocycles. The van der Waals surface area contributed by atoms with Crippen molar-refractivity contribution >= 4 is 11.8 Å². The first kappa shape index (κ1) is 21.3. The zero-order valence-electron chi connectivity index (χ0n) is 15.8. The second kappa shape index (κ2) is 11.7. The monoisotopic (exact) mass is 379 g/mol. The summed E-state index contributed by atoms with van der Waals surface area (Å²) < 4.78 is 10.9. The topological polar surface area (TPSA) is 100 Å². The Morgan fingerprint density at radius 2 is 1.85 bits per heavy atom. The summed E-state index contributed by atoms with van der Waals surface area (Å²) >= 11 is 0. The van der Waals surface area contributed by atoms with Crippen molar-refractivity contribution in [1.82, 2.24) is 15.5 Å². The molecule has 0 spiro atoms. The molecular formula is C19H29N3O5. The van der Waals surface area contributed by atoms with Gasteiger partial charge in [-0.3, -0.25) is 14.5 Å². The number of amides is 2. The summed E-state index contributed by atoms with van der Waals surface area (Å²) in [6.45, 7) is 6.34. The minimum atomic E-state index is -0.693. The van der Waals surface area contributed by atoms with Gasteiger partial charge in [-0.15, -0.1) is 0 Å². The van der Waals surface area contributed by atoms with Crippen LogP contribution in [0.25, 0.3) is 0 Å². The van der Waals surface area contributed by atoms with Gasteiger partial charge in [0, 0.05) is 32.7 Å². The highest BCUT2D eigenvalue weighted by Gasteiger charge is 2.18. The van der Waals surface area contributed by atoms with Crippen molar-refractivity contribution in [1.29, 1.82) is 0 Å². The molecule has 1 heterocycles. The highest BCUT2D eigenvalue weighted by Crippen LogP contribution is 2.17. The van der Waals surface area contributed by atoms with Gasteiger partial charge < -0.3 is 25.2 Å². The predicted octanol–water partition coefficient (Wildman–Crippen LogP) is -0.390. The van der Waals surface area contributed by atoms with Crippen LogP contribution in [0.2, 0.25) is 0 Å². The lowest BCUT2D eigenvalue weighted by atomic mass is 10.1. The van der Waals surface area contributed by atoms with Crippen LogP contribution in [0.5, 0.6) is 0 Å². The number of carbonyl (C=O) groups excluding carboxylic acids is 2. The van der Waals surface area contributed by atoms with E-state index in [0.29, 0.717) is 26.3 Å². The summed E-state index contributed by atoms with van der Waals surface area (Å²) in [5.41, 5.74) is 1.99. The molecule has 27 heavy (non-hydrogen) atoms. The molecule has 1 aliphatic heterocycles. The molecule has 1 aromatic rings. The third-order valence-corrected chi connectivity index (χ3v) is 4.33. The Kier molecular flexibility index (Phi) is 9.20. The Labute approximate surface area is 159 Å². The quantitative estimate of drug-likeness (QED) is 0.506. The molecule has 1 atom stereocenters. The fourth-order valence-corrected chi connectivity index (χ4v) is 2.75. The Hall–Kier alpha value is -2.00. The first-order valence-corrected chi connectivity index (χ1v) is 9.25. The second-order valence-corrected chi connectivity index (χ2v) is 6.41. The highest BCUT2D eigenvalue weighted by atomic mass is 16.5. The number of benzene rings is 1. The van der Waals surface area contributed by atoms with Crippen LogP contribution in [0.1, 0.15) is 17.2 Å². The van der Waals surface area contributed by atoms with E-state index in [0.717, 1.165) is 24.2 Å². The van der Waals surface area contributed by atoms with E-state index >= 15 is 0 Å². The molecule has 1 unspecified atom stereocenters. The van der Waals surface area contributed by atoms with Crippen LogP contribution in [0.3, 0.4) is 0 Å². The van der Waals surface area contributed by atoms with Crippen LogP contribution >= 0.6 is 0 Å². The van der Waals surface area contributed by atoms with E-state index in [9.17, 15) is 9.59 Å². The van der Waals surface area contributed by atoms with Gasteiger partial charge in [0.25, 0.3) is 0 Å². The Morgan fingerprint density at radius 3 is 2.52 bits per heavy atom. The molecule has 1 aliphatic rings. The third kappa shape index (κ3) is 7.64. The summed E-state index contributed by atoms with van der Waals surface area (Å²) in [5.74, 6) is -1.35. The molecule has 0 aliphatic carbocycles. The van der Waals surface area contributed by atoms with Gasteiger partial charge in [0.2, 0.25) is 0 Å². The molecular weight excluding hydrogens is 350 g/mol. The molecule has 2 rings (SSSR count). The number of morpholine rings is 1. The molecule has 8 heteroatoms. The van der Waals surface area contributed by atoms with Gasteiger partial charge in [-0.25, -0.2) is 0 Å². The van der Waals surface area contributed by atoms with Crippen molar-refractivity contribution in [2.24, 2.45) is 0 Å². The molecule has 0 radical (unpaired) electrons. The Morgan fingerprint density at radius 1 is 1.19 bits per heavy atom. The van der Waals surface area contributed by atoms with E-state index in [1.165, 1.54) is 0 Å². The lowest BCUT2D eigenvalue weighted by molar-refractivity contribution is -0.139. The number of rotatable bonds is 9. The number of ether oxygens (including phenoxy) is 2. The number of hydrogen-bond acceptors (Lipinski definition) is 6. The number of aliphatic hydroxyl groups is 1. The van der Waals surface area contributed by atoms with Crippen LogP contribution in [-0.4, -0.2) is 81.0 Å². The van der Waals surface area contributed by atoms with Crippen molar-refractivity contribution in [3.8, 4) is 0 Å². The van der Waals surface area contributed by atoms with E-state index in [2.05, 4.69) is 15.5 Å². The normalized spacial score (nSPS) is 15.9. The first-order chi connectivity index (χ1) is 13.1. The van der Waals surface area contributed by atoms with E-state index in [1.807, 2.05) is 31.2 Å². The maximum atomic E-state index is 12.0. The molecule has 2 amide bonds. The van der Waals surface area contributed by atoms with Gasteiger partial charge >= 0.3 is 11.8 Å². The minimum absolute atomic E-state index is 0.113. The van der Waals surface area contributed by atoms with Crippen molar-refractivity contribution in [2.75, 3.05) is 59.2 Å². The molecule has 1 fully saturated rings. The van der Waals surface area contributed by atoms with Crippen molar-refractivity contribution < 1.29 is 24.2 Å². The predicted molar refractivity (Wildman–Crippen MR) is 100 cm³/mol. The van der Waals surface area contributed by atoms with E-state index in [-0.39, 0.29) is 19.8 Å². The molecule has 0 aromatic heterocycles. The number of nitrogens with one attached hydrogen (secondary N) is 2. The fourth-order valence-electron chi connectivity index (χ4n) is 2.75. The van der Waals surface area contributed by atoms with Gasteiger partial charge in [0.1, 0.15) is 0 Å². The molecule has 1 aromatic carbocycles. The highest BCUT2D eigenvalue weighted by molar-refractivity contribution is 6.35. The lowest BCUT2D eigenvalue weighted by Crippen LogP contribution is -2.45. The summed E-state index contributed by atoms with van der Waals surface area (Å²) in [7, 11) is 0. The zero-order chi connectivity index (χ0) is 19.5. The van der Waals surface area contributed by atoms with Gasteiger partial charge in [-0.2, -0.15) is 0 Å². The summed E-state index contributed by atoms with van der Waals surface area (Å²) in [6.07, 6.45) is -0.428. The van der Waals surface area contributed by atoms with Gasteiger partial charge in [-0.05, 0) is 12.5 Å². The van der Waals surface area contributed by atoms with E-state index in [1.54, 1.807) is 0 Å². The van der Waals surface area contributed by atoms with Crippen LogP contribution in [-0.2, 0) is 19.1 Å². The molecule has 0 saturated carbocycles. The van der Waals surface area contributed by atoms with Crippen molar-refractivity contribution in [3.05, 3.63) is 35.4 Å². The van der Waals surface area contributed by atoms with E-state index in [4.69, 9.17) is 14.6 Å². The first-order valence-electron chi connectivity index (χ1n) is 9.25. The number of carbonyl (C=O) groups is 2. The molecule has 0 bridgehead atoms. The number of hydrogen-bond donors (Lipinski definition) is 3. The third-order valence-electron chi connectivity index (χ3n) is 4.33. The SMILES string of the molecule is Cc1ccc(C(CNC(=O)C(=O)NCCN2CCOCC2)OCCO)cc1. The average Bonchev–Trinajstić information content (AvgIpc) is 2.69. The maximum absolute atomic E-state index is 12.0. The molecule has 150 valence electrons. The van der Waals surface area contributed by atoms with E-state index < -0.39 is 17.9 Å². The van der Waals surface area contributed by atoms with Gasteiger partial charge in [0.05, 0.1) is 32.5 Å². The maximum Gasteiger partial charge on any atom is 0.309 e. The number of nitrogens with zero attached hydrogens (tertiary/aromatic N) is 1. The standard InChI is InChI=1S/C19H29N3O5/c1-15-2-4-16(5-3-15)17(27-13-10-23)14-21-19(25)18(24)20-6-7-22-8-11-26-12-9-22/h2-5,17,23H,6-14H2,1H3,(H,20,24)(H,21,25). The van der Waals surface area contributed by atoms with Gasteiger partial charge in [0.15, 0.2) is 0 Å². The molecule has 3 N–H and O–H groups in total. The summed E-state index contributed by atoms with van der Waals surface area (Å²) in [6, 6.07) is 7.72. The smallest absolute Gasteiger partial charge is 0.309 e. The van der Waals surface area contributed by atoms with Crippen LogP contribution < -0.4 is 10.6 Å². The minimum Gasteiger partial charge on any atom is -0.394 e. The fraction of sp³-hybridized carbons (Fsp3) is 0.579. The number of aliphatic hydroxyl groups excluding tert-OH is 1. The van der Waals surface area contributed by atoms with Crippen LogP contribution in [0.15, 0.2) is 24.3 Å². The molecule has 8 nitrogen and oxygen atoms in total.